The summed E-state index contributed by atoms with van der Waals surface area (Å²) in [7, 11) is 0. The van der Waals surface area contributed by atoms with Gasteiger partial charge in [0.15, 0.2) is 11.6 Å². The molecule has 8 heteroatoms. The van der Waals surface area contributed by atoms with Gasteiger partial charge in [0.05, 0.1) is 5.69 Å². The number of alkyl halides is 2. The van der Waals surface area contributed by atoms with Crippen molar-refractivity contribution >= 4 is 0 Å². The van der Waals surface area contributed by atoms with E-state index in [1.54, 1.807) is 12.1 Å². The molecule has 0 saturated heterocycles. The average molecular weight is 348 g/mol. The Hall–Kier alpha value is -3.29. The van der Waals surface area contributed by atoms with Gasteiger partial charge in [0.2, 0.25) is 5.88 Å². The van der Waals surface area contributed by atoms with E-state index in [4.69, 9.17) is 4.74 Å². The minimum Gasteiger partial charge on any atom is -0.505 e. The Morgan fingerprint density at radius 3 is 2.64 bits per heavy atom. The van der Waals surface area contributed by atoms with E-state index in [9.17, 15) is 23.1 Å². The molecule has 2 heterocycles. The van der Waals surface area contributed by atoms with Gasteiger partial charge in [-0.3, -0.25) is 9.36 Å². The summed E-state index contributed by atoms with van der Waals surface area (Å²) in [5.74, 6) is -1.10. The Balaban J connectivity index is 1.92. The van der Waals surface area contributed by atoms with Gasteiger partial charge in [-0.25, -0.2) is 9.37 Å². The van der Waals surface area contributed by atoms with E-state index in [1.807, 2.05) is 0 Å². The predicted octanol–water partition coefficient (Wildman–Crippen LogP) is 3.94. The minimum atomic E-state index is -2.96. The molecule has 0 amide bonds. The third-order valence-electron chi connectivity index (χ3n) is 3.31. The molecule has 0 spiro atoms. The number of halogens is 3. The summed E-state index contributed by atoms with van der Waals surface area (Å²) in [4.78, 5) is 15.6. The zero-order chi connectivity index (χ0) is 18.0. The number of hydrogen-bond acceptors (Lipinski definition) is 4. The molecule has 0 bridgehead atoms. The Morgan fingerprint density at radius 1 is 1.12 bits per heavy atom. The van der Waals surface area contributed by atoms with Crippen molar-refractivity contribution in [3.63, 3.8) is 0 Å². The molecule has 0 aliphatic rings. The topological polar surface area (TPSA) is 64.3 Å². The van der Waals surface area contributed by atoms with E-state index in [2.05, 4.69) is 4.98 Å². The van der Waals surface area contributed by atoms with Crippen LogP contribution in [0, 0.1) is 5.82 Å². The van der Waals surface area contributed by atoms with Gasteiger partial charge in [0.1, 0.15) is 5.75 Å². The smallest absolute Gasteiger partial charge is 0.321 e. The van der Waals surface area contributed by atoms with Gasteiger partial charge in [-0.1, -0.05) is 6.07 Å². The maximum absolute atomic E-state index is 13.0. The van der Waals surface area contributed by atoms with Crippen molar-refractivity contribution < 1.29 is 23.0 Å². The second kappa shape index (κ2) is 6.68. The number of aromatic hydroxyl groups is 1. The molecule has 0 unspecified atom stereocenters. The van der Waals surface area contributed by atoms with Crippen molar-refractivity contribution in [1.82, 2.24) is 9.55 Å². The lowest BCUT2D eigenvalue weighted by Crippen LogP contribution is -2.19. The maximum Gasteiger partial charge on any atom is 0.321 e. The van der Waals surface area contributed by atoms with Gasteiger partial charge >= 0.3 is 6.55 Å². The van der Waals surface area contributed by atoms with Crippen LogP contribution in [0.2, 0.25) is 0 Å². The summed E-state index contributed by atoms with van der Waals surface area (Å²) in [6.07, 6.45) is 1.00. The molecule has 0 saturated carbocycles. The summed E-state index contributed by atoms with van der Waals surface area (Å²) in [6.45, 7) is -2.96. The minimum absolute atomic E-state index is 0.110. The number of ether oxygens (including phenoxy) is 1. The number of phenolic OH excluding ortho intramolecular Hbond substituents is 1. The van der Waals surface area contributed by atoms with Crippen LogP contribution in [-0.4, -0.2) is 14.7 Å². The van der Waals surface area contributed by atoms with Crippen molar-refractivity contribution in [1.29, 1.82) is 0 Å². The number of phenols is 1. The highest BCUT2D eigenvalue weighted by molar-refractivity contribution is 5.58. The third kappa shape index (κ3) is 3.63. The standard InChI is InChI=1S/C17H11F3N2O3/c18-12-6-5-11(8-14(12)23)25-15-3-1-2-13(21-15)10-4-7-16(24)22(9-10)17(19)20/h1-9,17,23H. The maximum atomic E-state index is 13.0. The van der Waals surface area contributed by atoms with Crippen LogP contribution in [0.4, 0.5) is 13.2 Å². The molecule has 1 aromatic carbocycles. The molecule has 25 heavy (non-hydrogen) atoms. The highest BCUT2D eigenvalue weighted by Gasteiger charge is 2.11. The number of aromatic nitrogens is 2. The quantitative estimate of drug-likeness (QED) is 0.776. The van der Waals surface area contributed by atoms with E-state index in [-0.39, 0.29) is 11.6 Å². The Kier molecular flexibility index (Phi) is 4.42. The molecule has 0 atom stereocenters. The fourth-order valence-electron chi connectivity index (χ4n) is 2.12. The molecule has 5 nitrogen and oxygen atoms in total. The van der Waals surface area contributed by atoms with Crippen LogP contribution in [0.3, 0.4) is 0 Å². The molecule has 3 rings (SSSR count). The number of hydrogen-bond donors (Lipinski definition) is 1. The molecule has 0 radical (unpaired) electrons. The van der Waals surface area contributed by atoms with E-state index in [0.29, 0.717) is 15.8 Å². The Labute approximate surface area is 139 Å². The van der Waals surface area contributed by atoms with Crippen LogP contribution >= 0.6 is 0 Å². The third-order valence-corrected chi connectivity index (χ3v) is 3.31. The van der Waals surface area contributed by atoms with E-state index >= 15 is 0 Å². The highest BCUT2D eigenvalue weighted by atomic mass is 19.3. The second-order valence-corrected chi connectivity index (χ2v) is 5.02. The molecule has 3 aromatic rings. The number of pyridine rings is 2. The SMILES string of the molecule is O=c1ccc(-c2cccc(Oc3ccc(F)c(O)c3)n2)cn1C(F)F. The first kappa shape index (κ1) is 16.6. The molecule has 1 N–H and O–H groups in total. The first-order chi connectivity index (χ1) is 11.9. The van der Waals surface area contributed by atoms with Crippen LogP contribution in [0.25, 0.3) is 11.3 Å². The van der Waals surface area contributed by atoms with Crippen LogP contribution < -0.4 is 10.3 Å². The molecule has 2 aromatic heterocycles. The summed E-state index contributed by atoms with van der Waals surface area (Å²) in [5, 5.41) is 9.34. The average Bonchev–Trinajstić information content (AvgIpc) is 2.58. The normalized spacial score (nSPS) is 10.9. The lowest BCUT2D eigenvalue weighted by molar-refractivity contribution is 0.0665. The van der Waals surface area contributed by atoms with Gasteiger partial charge in [-0.2, -0.15) is 8.78 Å². The van der Waals surface area contributed by atoms with E-state index in [1.165, 1.54) is 18.2 Å². The van der Waals surface area contributed by atoms with Gasteiger partial charge in [0, 0.05) is 30.0 Å². The van der Waals surface area contributed by atoms with Gasteiger partial charge in [-0.15, -0.1) is 0 Å². The Bertz CT molecular complexity index is 973. The summed E-state index contributed by atoms with van der Waals surface area (Å²) >= 11 is 0. The molecule has 0 aliphatic carbocycles. The zero-order valence-corrected chi connectivity index (χ0v) is 12.6. The predicted molar refractivity (Wildman–Crippen MR) is 83.3 cm³/mol. The summed E-state index contributed by atoms with van der Waals surface area (Å²) < 4.78 is 44.4. The summed E-state index contributed by atoms with van der Waals surface area (Å²) in [6, 6.07) is 10.5. The van der Waals surface area contributed by atoms with Crippen LogP contribution in [0.5, 0.6) is 17.4 Å². The van der Waals surface area contributed by atoms with E-state index in [0.717, 1.165) is 24.4 Å². The fourth-order valence-corrected chi connectivity index (χ4v) is 2.12. The summed E-state index contributed by atoms with van der Waals surface area (Å²) in [5.41, 5.74) is -0.224. The van der Waals surface area contributed by atoms with Crippen LogP contribution in [0.1, 0.15) is 6.55 Å². The lowest BCUT2D eigenvalue weighted by atomic mass is 10.2. The number of benzene rings is 1. The lowest BCUT2D eigenvalue weighted by Gasteiger charge is -2.09. The van der Waals surface area contributed by atoms with Gasteiger partial charge < -0.3 is 9.84 Å². The first-order valence-corrected chi connectivity index (χ1v) is 7.08. The second-order valence-electron chi connectivity index (χ2n) is 5.02. The highest BCUT2D eigenvalue weighted by Crippen LogP contribution is 2.27. The monoisotopic (exact) mass is 348 g/mol. The van der Waals surface area contributed by atoms with Crippen molar-refractivity contribution in [2.75, 3.05) is 0 Å². The van der Waals surface area contributed by atoms with Crippen LogP contribution in [0.15, 0.2) is 59.5 Å². The zero-order valence-electron chi connectivity index (χ0n) is 12.6. The molecule has 0 aliphatic heterocycles. The molecule has 128 valence electrons. The number of nitrogens with zero attached hydrogens (tertiary/aromatic N) is 2. The Morgan fingerprint density at radius 2 is 1.92 bits per heavy atom. The first-order valence-electron chi connectivity index (χ1n) is 7.08. The van der Waals surface area contributed by atoms with Crippen molar-refractivity contribution in [3.8, 4) is 28.6 Å². The van der Waals surface area contributed by atoms with Crippen molar-refractivity contribution in [2.24, 2.45) is 0 Å². The van der Waals surface area contributed by atoms with Crippen molar-refractivity contribution in [3.05, 3.63) is 70.9 Å². The molecular formula is C17H11F3N2O3. The van der Waals surface area contributed by atoms with Crippen molar-refractivity contribution in [2.45, 2.75) is 6.55 Å². The largest absolute Gasteiger partial charge is 0.505 e. The van der Waals surface area contributed by atoms with Crippen LogP contribution in [-0.2, 0) is 0 Å². The van der Waals surface area contributed by atoms with Gasteiger partial charge in [-0.05, 0) is 24.3 Å². The van der Waals surface area contributed by atoms with Gasteiger partial charge in [0.25, 0.3) is 5.56 Å². The fraction of sp³-hybridized carbons (Fsp3) is 0.0588. The van der Waals surface area contributed by atoms with E-state index < -0.39 is 23.7 Å². The molecule has 0 fully saturated rings. The number of rotatable bonds is 4. The molecular weight excluding hydrogens is 337 g/mol.